The normalized spacial score (nSPS) is 19.0. The minimum atomic E-state index is -0.918. The Bertz CT molecular complexity index is 851. The van der Waals surface area contributed by atoms with E-state index in [1.807, 2.05) is 0 Å². The quantitative estimate of drug-likeness (QED) is 0.234. The zero-order valence-corrected chi connectivity index (χ0v) is 28.1. The van der Waals surface area contributed by atoms with Crippen LogP contribution >= 0.6 is 48.9 Å². The minimum absolute atomic E-state index is 0.0456. The molecule has 2 aliphatic rings. The van der Waals surface area contributed by atoms with E-state index in [-0.39, 0.29) is 10.8 Å². The van der Waals surface area contributed by atoms with Gasteiger partial charge in [0, 0.05) is 70.8 Å². The van der Waals surface area contributed by atoms with Crippen LogP contribution in [-0.2, 0) is 21.6 Å². The van der Waals surface area contributed by atoms with Gasteiger partial charge in [0.1, 0.15) is 9.98 Å². The maximum atomic E-state index is 12.7. The van der Waals surface area contributed by atoms with Gasteiger partial charge in [-0.25, -0.2) is 0 Å². The number of rotatable bonds is 16. The molecule has 2 atom stereocenters. The van der Waals surface area contributed by atoms with Crippen molar-refractivity contribution in [1.82, 2.24) is 19.6 Å². The Kier molecular flexibility index (Phi) is 12.9. The Balaban J connectivity index is 1.67. The summed E-state index contributed by atoms with van der Waals surface area (Å²) < 4.78 is 25.3. The van der Waals surface area contributed by atoms with Crippen molar-refractivity contribution in [1.29, 1.82) is 0 Å². The molecule has 0 aromatic heterocycles. The van der Waals surface area contributed by atoms with Gasteiger partial charge in [-0.15, -0.1) is 0 Å². The topological polar surface area (TPSA) is 47.1 Å². The van der Waals surface area contributed by atoms with E-state index in [2.05, 4.69) is 61.1 Å². The molecule has 2 fully saturated rings. The fraction of sp³-hybridized carbons (Fsp3) is 0.840. The first-order chi connectivity index (χ1) is 17.2. The second-order valence-electron chi connectivity index (χ2n) is 11.4. The van der Waals surface area contributed by atoms with Gasteiger partial charge in [-0.2, -0.15) is 0 Å². The Morgan fingerprint density at radius 1 is 0.676 bits per heavy atom. The Hall–Kier alpha value is -0.140. The molecule has 2 saturated heterocycles. The van der Waals surface area contributed by atoms with Crippen molar-refractivity contribution in [3.05, 3.63) is 0 Å². The van der Waals surface area contributed by atoms with E-state index >= 15 is 0 Å². The fourth-order valence-electron chi connectivity index (χ4n) is 4.37. The van der Waals surface area contributed by atoms with Gasteiger partial charge in [0.2, 0.25) is 0 Å². The van der Waals surface area contributed by atoms with E-state index in [1.165, 1.54) is 0 Å². The fourth-order valence-corrected chi connectivity index (χ4v) is 8.92. The van der Waals surface area contributed by atoms with Crippen molar-refractivity contribution in [3.8, 4) is 0 Å². The maximum absolute atomic E-state index is 12.7. The molecule has 0 aromatic rings. The smallest absolute Gasteiger partial charge is 0.176 e. The second-order valence-corrected chi connectivity index (χ2v) is 16.5. The van der Waals surface area contributed by atoms with Crippen LogP contribution in [-0.4, -0.2) is 110 Å². The van der Waals surface area contributed by atoms with Gasteiger partial charge in [0.15, 0.2) is 10.2 Å². The summed E-state index contributed by atoms with van der Waals surface area (Å²) in [5, 5.41) is 1.61. The van der Waals surface area contributed by atoms with Gasteiger partial charge in [-0.05, 0) is 68.4 Å². The first kappa shape index (κ1) is 33.1. The molecule has 2 aliphatic heterocycles. The summed E-state index contributed by atoms with van der Waals surface area (Å²) in [7, 11) is -1.84. The first-order valence-electron chi connectivity index (χ1n) is 13.1. The summed E-state index contributed by atoms with van der Waals surface area (Å²) in [6.45, 7) is 17.6. The van der Waals surface area contributed by atoms with Crippen LogP contribution in [0.15, 0.2) is 0 Å². The molecule has 12 heteroatoms. The third-order valence-electron chi connectivity index (χ3n) is 6.95. The summed E-state index contributed by atoms with van der Waals surface area (Å²) in [5.41, 5.74) is -0.0911. The summed E-state index contributed by atoms with van der Waals surface area (Å²) in [5.74, 6) is 2.47. The average Bonchev–Trinajstić information content (AvgIpc) is 3.25. The largest absolute Gasteiger partial charge is 0.342 e. The molecule has 2 heterocycles. The summed E-state index contributed by atoms with van der Waals surface area (Å²) in [6.07, 6.45) is 2.39. The summed E-state index contributed by atoms with van der Waals surface area (Å²) in [4.78, 5) is 10.1. The lowest BCUT2D eigenvalue weighted by Gasteiger charge is -2.31. The predicted molar refractivity (Wildman–Crippen MR) is 175 cm³/mol. The van der Waals surface area contributed by atoms with Crippen molar-refractivity contribution < 1.29 is 8.42 Å². The Morgan fingerprint density at radius 3 is 1.32 bits per heavy atom. The van der Waals surface area contributed by atoms with Gasteiger partial charge in [-0.1, -0.05) is 52.1 Å². The Morgan fingerprint density at radius 2 is 1.03 bits per heavy atom. The average molecular weight is 625 g/mol. The maximum Gasteiger partial charge on any atom is 0.176 e. The van der Waals surface area contributed by atoms with E-state index < -0.39 is 21.6 Å². The third-order valence-corrected chi connectivity index (χ3v) is 11.4. The van der Waals surface area contributed by atoms with Gasteiger partial charge >= 0.3 is 0 Å². The number of hydrogen-bond donors (Lipinski definition) is 0. The number of thiocarbonyl (C=S) groups is 4. The summed E-state index contributed by atoms with van der Waals surface area (Å²) >= 11 is 22.2. The van der Waals surface area contributed by atoms with E-state index in [1.54, 1.807) is 0 Å². The Labute approximate surface area is 251 Å². The molecule has 2 unspecified atom stereocenters. The van der Waals surface area contributed by atoms with Crippen molar-refractivity contribution in [2.45, 2.75) is 60.8 Å². The minimum Gasteiger partial charge on any atom is -0.342 e. The van der Waals surface area contributed by atoms with Crippen molar-refractivity contribution >= 4 is 90.7 Å². The molecule has 0 aliphatic carbocycles. The zero-order valence-electron chi connectivity index (χ0n) is 23.2. The van der Waals surface area contributed by atoms with Crippen LogP contribution in [0.2, 0.25) is 0 Å². The second kappa shape index (κ2) is 14.5. The van der Waals surface area contributed by atoms with Crippen molar-refractivity contribution in [2.24, 2.45) is 10.8 Å². The highest BCUT2D eigenvalue weighted by Crippen LogP contribution is 2.27. The molecule has 6 nitrogen and oxygen atoms in total. The highest BCUT2D eigenvalue weighted by Gasteiger charge is 2.34. The molecule has 0 radical (unpaired) electrons. The lowest BCUT2D eigenvalue weighted by Crippen LogP contribution is -2.39. The lowest BCUT2D eigenvalue weighted by molar-refractivity contribution is 0.298. The molecular formula is C25H44N4O2S6. The number of hydrogen-bond acceptors (Lipinski definition) is 6. The van der Waals surface area contributed by atoms with E-state index in [9.17, 15) is 8.42 Å². The van der Waals surface area contributed by atoms with Gasteiger partial charge in [-0.3, -0.25) is 8.42 Å². The molecular weight excluding hydrogens is 581 g/mol. The first-order valence-corrected chi connectivity index (χ1v) is 17.7. The molecule has 2 rings (SSSR count). The molecule has 0 spiro atoms. The van der Waals surface area contributed by atoms with Crippen LogP contribution in [0.4, 0.5) is 0 Å². The van der Waals surface area contributed by atoms with Crippen LogP contribution < -0.4 is 0 Å². The van der Waals surface area contributed by atoms with E-state index in [4.69, 9.17) is 48.9 Å². The molecule has 0 amide bonds. The van der Waals surface area contributed by atoms with Crippen molar-refractivity contribution in [2.75, 3.05) is 62.3 Å². The molecule has 212 valence electrons. The SMILES string of the molecule is CCN1CC(=S)N(CC(C)(C)CCS(=O)CCCS(=O)CCC(C)(C)CN2C(=S)CN(CC)C2=S)C1=S. The van der Waals surface area contributed by atoms with Crippen LogP contribution in [0, 0.1) is 10.8 Å². The van der Waals surface area contributed by atoms with Crippen LogP contribution in [0.5, 0.6) is 0 Å². The number of likely N-dealkylation sites (N-methyl/N-ethyl adjacent to an activating group) is 2. The number of nitrogens with zero attached hydrogens (tertiary/aromatic N) is 4. The predicted octanol–water partition coefficient (Wildman–Crippen LogP) is 4.21. The van der Waals surface area contributed by atoms with Gasteiger partial charge < -0.3 is 19.6 Å². The lowest BCUT2D eigenvalue weighted by atomic mass is 9.90. The van der Waals surface area contributed by atoms with E-state index in [0.29, 0.717) is 23.0 Å². The van der Waals surface area contributed by atoms with Crippen LogP contribution in [0.25, 0.3) is 0 Å². The molecule has 0 N–H and O–H groups in total. The molecule has 0 aromatic carbocycles. The van der Waals surface area contributed by atoms with Gasteiger partial charge in [0.05, 0.1) is 13.1 Å². The van der Waals surface area contributed by atoms with Crippen LogP contribution in [0.3, 0.4) is 0 Å². The zero-order chi connectivity index (χ0) is 28.0. The molecule has 0 saturated carbocycles. The summed E-state index contributed by atoms with van der Waals surface area (Å²) in [6, 6.07) is 0. The highest BCUT2D eigenvalue weighted by atomic mass is 32.2. The monoisotopic (exact) mass is 624 g/mol. The van der Waals surface area contributed by atoms with E-state index in [0.717, 1.165) is 78.7 Å². The highest BCUT2D eigenvalue weighted by molar-refractivity contribution is 7.86. The van der Waals surface area contributed by atoms with Crippen LogP contribution in [0.1, 0.15) is 60.8 Å². The third kappa shape index (κ3) is 10.1. The molecule has 37 heavy (non-hydrogen) atoms. The van der Waals surface area contributed by atoms with Crippen molar-refractivity contribution in [3.63, 3.8) is 0 Å². The standard InChI is InChI=1S/C25H44N4O2S6/c1-7-26-16-20(32)28(22(26)34)18-24(3,4)10-14-36(30)12-9-13-37(31)15-11-25(5,6)19-29-21(33)17-27(8-2)23(29)35/h7-19H2,1-6H3. The molecule has 0 bridgehead atoms. The van der Waals surface area contributed by atoms with Gasteiger partial charge in [0.25, 0.3) is 0 Å².